The van der Waals surface area contributed by atoms with E-state index in [0.717, 1.165) is 9.87 Å². The highest BCUT2D eigenvalue weighted by atomic mass is 35.5. The lowest BCUT2D eigenvalue weighted by atomic mass is 10.1. The molecule has 2 rings (SSSR count). The van der Waals surface area contributed by atoms with Gasteiger partial charge in [0.15, 0.2) is 0 Å². The van der Waals surface area contributed by atoms with Crippen molar-refractivity contribution in [2.45, 2.75) is 11.3 Å². The Hall–Kier alpha value is -1.64. The summed E-state index contributed by atoms with van der Waals surface area (Å²) in [5.41, 5.74) is 2.88. The third-order valence-corrected chi connectivity index (χ3v) is 6.05. The SMILES string of the molecule is NNC(=O)CN(CCc1ccccc1)S(=O)(=O)c1cc(Cl)ccc1Cl. The number of carbonyl (C=O) groups excluding carboxylic acids is 1. The molecule has 0 spiro atoms. The van der Waals surface area contributed by atoms with Gasteiger partial charge in [-0.2, -0.15) is 4.31 Å². The second kappa shape index (κ2) is 8.64. The number of hydrogen-bond acceptors (Lipinski definition) is 4. The van der Waals surface area contributed by atoms with Crippen LogP contribution in [0.2, 0.25) is 10.0 Å². The number of amides is 1. The molecule has 3 N–H and O–H groups in total. The van der Waals surface area contributed by atoms with Gasteiger partial charge in [-0.3, -0.25) is 10.2 Å². The molecule has 0 aliphatic rings. The lowest BCUT2D eigenvalue weighted by molar-refractivity contribution is -0.121. The number of rotatable bonds is 7. The summed E-state index contributed by atoms with van der Waals surface area (Å²) >= 11 is 11.9. The van der Waals surface area contributed by atoms with Crippen LogP contribution in [0.5, 0.6) is 0 Å². The fourth-order valence-electron chi connectivity index (χ4n) is 2.20. The number of nitrogens with zero attached hydrogens (tertiary/aromatic N) is 1. The van der Waals surface area contributed by atoms with Gasteiger partial charge in [-0.15, -0.1) is 0 Å². The van der Waals surface area contributed by atoms with Crippen LogP contribution in [0.15, 0.2) is 53.4 Å². The van der Waals surface area contributed by atoms with Crippen LogP contribution in [0.25, 0.3) is 0 Å². The van der Waals surface area contributed by atoms with Crippen molar-refractivity contribution in [3.63, 3.8) is 0 Å². The van der Waals surface area contributed by atoms with Crippen molar-refractivity contribution in [1.29, 1.82) is 0 Å². The predicted molar refractivity (Wildman–Crippen MR) is 97.7 cm³/mol. The topological polar surface area (TPSA) is 92.5 Å². The van der Waals surface area contributed by atoms with Crippen molar-refractivity contribution in [1.82, 2.24) is 9.73 Å². The Balaban J connectivity index is 2.32. The van der Waals surface area contributed by atoms with Crippen LogP contribution >= 0.6 is 23.2 Å². The molecule has 25 heavy (non-hydrogen) atoms. The van der Waals surface area contributed by atoms with Gasteiger partial charge in [-0.1, -0.05) is 53.5 Å². The number of carbonyl (C=O) groups is 1. The molecule has 0 atom stereocenters. The molecule has 0 unspecified atom stereocenters. The molecule has 0 radical (unpaired) electrons. The summed E-state index contributed by atoms with van der Waals surface area (Å²) < 4.78 is 26.9. The minimum atomic E-state index is -4.03. The summed E-state index contributed by atoms with van der Waals surface area (Å²) in [7, 11) is -4.03. The summed E-state index contributed by atoms with van der Waals surface area (Å²) in [5.74, 6) is 4.47. The van der Waals surface area contributed by atoms with E-state index >= 15 is 0 Å². The van der Waals surface area contributed by atoms with Crippen LogP contribution in [0.4, 0.5) is 0 Å². The second-order valence-electron chi connectivity index (χ2n) is 5.22. The van der Waals surface area contributed by atoms with Crippen LogP contribution in [-0.2, 0) is 21.2 Å². The highest BCUT2D eigenvalue weighted by Gasteiger charge is 2.28. The van der Waals surface area contributed by atoms with E-state index in [1.807, 2.05) is 35.8 Å². The summed E-state index contributed by atoms with van der Waals surface area (Å²) in [4.78, 5) is 11.5. The first-order valence-electron chi connectivity index (χ1n) is 7.33. The van der Waals surface area contributed by atoms with Gasteiger partial charge in [0.05, 0.1) is 11.6 Å². The molecule has 0 saturated heterocycles. The molecule has 6 nitrogen and oxygen atoms in total. The van der Waals surface area contributed by atoms with Crippen molar-refractivity contribution in [2.24, 2.45) is 5.84 Å². The number of nitrogens with two attached hydrogens (primary N) is 1. The molecular formula is C16H17Cl2N3O3S. The van der Waals surface area contributed by atoms with E-state index in [-0.39, 0.29) is 21.5 Å². The van der Waals surface area contributed by atoms with Gasteiger partial charge in [0.25, 0.3) is 0 Å². The largest absolute Gasteiger partial charge is 0.293 e. The van der Waals surface area contributed by atoms with E-state index in [4.69, 9.17) is 29.0 Å². The van der Waals surface area contributed by atoms with Crippen molar-refractivity contribution in [2.75, 3.05) is 13.1 Å². The standard InChI is InChI=1S/C16H17Cl2N3O3S/c17-13-6-7-14(18)15(10-13)25(23,24)21(11-16(22)20-19)9-8-12-4-2-1-3-5-12/h1-7,10H,8-9,11,19H2,(H,20,22). The molecule has 0 aliphatic heterocycles. The smallest absolute Gasteiger partial charge is 0.249 e. The second-order valence-corrected chi connectivity index (χ2v) is 7.97. The Morgan fingerprint density at radius 3 is 2.44 bits per heavy atom. The third kappa shape index (κ3) is 5.17. The number of sulfonamides is 1. The quantitative estimate of drug-likeness (QED) is 0.422. The average Bonchev–Trinajstić information content (AvgIpc) is 2.61. The summed E-state index contributed by atoms with van der Waals surface area (Å²) in [6.07, 6.45) is 0.427. The van der Waals surface area contributed by atoms with E-state index in [9.17, 15) is 13.2 Å². The minimum Gasteiger partial charge on any atom is -0.293 e. The van der Waals surface area contributed by atoms with E-state index in [0.29, 0.717) is 6.42 Å². The first kappa shape index (κ1) is 19.7. The normalized spacial score (nSPS) is 11.5. The Labute approximate surface area is 156 Å². The van der Waals surface area contributed by atoms with Gasteiger partial charge in [0.1, 0.15) is 4.90 Å². The predicted octanol–water partition coefficient (Wildman–Crippen LogP) is 2.22. The average molecular weight is 402 g/mol. The number of hydrogen-bond donors (Lipinski definition) is 2. The number of halogens is 2. The van der Waals surface area contributed by atoms with Crippen molar-refractivity contribution >= 4 is 39.1 Å². The molecular weight excluding hydrogens is 385 g/mol. The van der Waals surface area contributed by atoms with E-state index in [2.05, 4.69) is 0 Å². The van der Waals surface area contributed by atoms with Crippen molar-refractivity contribution < 1.29 is 13.2 Å². The zero-order valence-corrected chi connectivity index (χ0v) is 15.5. The molecule has 0 aliphatic carbocycles. The molecule has 134 valence electrons. The van der Waals surface area contributed by atoms with Crippen LogP contribution in [0, 0.1) is 0 Å². The Morgan fingerprint density at radius 2 is 1.80 bits per heavy atom. The van der Waals surface area contributed by atoms with Gasteiger partial charge in [-0.05, 0) is 30.2 Å². The lowest BCUT2D eigenvalue weighted by Gasteiger charge is -2.22. The number of benzene rings is 2. The summed E-state index contributed by atoms with van der Waals surface area (Å²) in [5, 5.41) is 0.261. The molecule has 0 fully saturated rings. The molecule has 0 bridgehead atoms. The summed E-state index contributed by atoms with van der Waals surface area (Å²) in [6, 6.07) is 13.5. The fourth-order valence-corrected chi connectivity index (χ4v) is 4.34. The molecule has 0 saturated carbocycles. The van der Waals surface area contributed by atoms with Crippen LogP contribution in [-0.4, -0.2) is 31.7 Å². The number of nitrogens with one attached hydrogen (secondary N) is 1. The van der Waals surface area contributed by atoms with Gasteiger partial charge >= 0.3 is 0 Å². The zero-order chi connectivity index (χ0) is 18.4. The lowest BCUT2D eigenvalue weighted by Crippen LogP contribution is -2.43. The van der Waals surface area contributed by atoms with Gasteiger partial charge in [0.2, 0.25) is 15.9 Å². The van der Waals surface area contributed by atoms with Gasteiger partial charge in [-0.25, -0.2) is 14.3 Å². The molecule has 9 heteroatoms. The molecule has 1 amide bonds. The monoisotopic (exact) mass is 401 g/mol. The molecule has 2 aromatic rings. The number of hydrazine groups is 1. The molecule has 2 aromatic carbocycles. The van der Waals surface area contributed by atoms with Crippen LogP contribution in [0.3, 0.4) is 0 Å². The first-order valence-corrected chi connectivity index (χ1v) is 9.53. The molecule has 0 heterocycles. The van der Waals surface area contributed by atoms with Crippen molar-refractivity contribution in [3.8, 4) is 0 Å². The van der Waals surface area contributed by atoms with E-state index in [1.165, 1.54) is 18.2 Å². The third-order valence-electron chi connectivity index (χ3n) is 3.48. The van der Waals surface area contributed by atoms with Crippen LogP contribution in [0.1, 0.15) is 5.56 Å². The highest BCUT2D eigenvalue weighted by Crippen LogP contribution is 2.27. The maximum atomic E-state index is 12.9. The highest BCUT2D eigenvalue weighted by molar-refractivity contribution is 7.89. The van der Waals surface area contributed by atoms with Crippen molar-refractivity contribution in [3.05, 3.63) is 64.1 Å². The Bertz CT molecular complexity index is 845. The van der Waals surface area contributed by atoms with E-state index in [1.54, 1.807) is 0 Å². The van der Waals surface area contributed by atoms with Gasteiger partial charge in [0, 0.05) is 11.6 Å². The van der Waals surface area contributed by atoms with Crippen LogP contribution < -0.4 is 11.3 Å². The van der Waals surface area contributed by atoms with Gasteiger partial charge < -0.3 is 0 Å². The minimum absolute atomic E-state index is 0.0299. The zero-order valence-electron chi connectivity index (χ0n) is 13.2. The Morgan fingerprint density at radius 1 is 1.12 bits per heavy atom. The van der Waals surface area contributed by atoms with E-state index < -0.39 is 22.5 Å². The summed E-state index contributed by atoms with van der Waals surface area (Å²) in [6.45, 7) is -0.336. The maximum absolute atomic E-state index is 12.9. The maximum Gasteiger partial charge on any atom is 0.249 e. The first-order chi connectivity index (χ1) is 11.8. The molecule has 0 aromatic heterocycles. The fraction of sp³-hybridized carbons (Fsp3) is 0.188. The Kier molecular flexibility index (Phi) is 6.80.